The third-order valence-electron chi connectivity index (χ3n) is 1.82. The van der Waals surface area contributed by atoms with Crippen LogP contribution in [0.15, 0.2) is 18.3 Å². The van der Waals surface area contributed by atoms with Crippen molar-refractivity contribution in [3.8, 4) is 11.5 Å². The fourth-order valence-corrected chi connectivity index (χ4v) is 1.17. The molecule has 0 aliphatic carbocycles. The minimum atomic E-state index is 0.663. The molecule has 0 radical (unpaired) electrons. The van der Waals surface area contributed by atoms with E-state index in [1.807, 2.05) is 26.0 Å². The van der Waals surface area contributed by atoms with Crippen molar-refractivity contribution in [3.05, 3.63) is 29.7 Å². The normalized spacial score (nSPS) is 10.3. The van der Waals surface area contributed by atoms with E-state index in [1.165, 1.54) is 0 Å². The van der Waals surface area contributed by atoms with Gasteiger partial charge in [-0.15, -0.1) is 0 Å². The molecule has 4 nitrogen and oxygen atoms in total. The van der Waals surface area contributed by atoms with Gasteiger partial charge in [0.25, 0.3) is 0 Å². The fourth-order valence-electron chi connectivity index (χ4n) is 1.17. The van der Waals surface area contributed by atoms with Gasteiger partial charge in [-0.3, -0.25) is 10.1 Å². The van der Waals surface area contributed by atoms with Gasteiger partial charge in [0, 0.05) is 6.20 Å². The molecule has 0 aliphatic rings. The van der Waals surface area contributed by atoms with Crippen LogP contribution in [0.2, 0.25) is 0 Å². The quantitative estimate of drug-likeness (QED) is 0.712. The number of H-pyrrole nitrogens is 1. The molecule has 0 saturated heterocycles. The Labute approximate surface area is 76.1 Å². The molecular weight excluding hydrogens is 164 g/mol. The Balaban J connectivity index is 2.52. The molecule has 0 aliphatic heterocycles. The molecule has 0 unspecified atom stereocenters. The summed E-state index contributed by atoms with van der Waals surface area (Å²) in [6.45, 7) is 3.86. The number of hydrogen-bond donors (Lipinski definition) is 1. The average Bonchev–Trinajstić information content (AvgIpc) is 2.53. The lowest BCUT2D eigenvalue weighted by atomic mass is 10.2. The molecule has 0 spiro atoms. The maximum absolute atomic E-state index is 4.22. The van der Waals surface area contributed by atoms with Crippen LogP contribution in [-0.4, -0.2) is 20.2 Å². The molecule has 2 rings (SSSR count). The molecule has 66 valence electrons. The Kier molecular flexibility index (Phi) is 1.81. The van der Waals surface area contributed by atoms with E-state index in [9.17, 15) is 0 Å². The highest BCUT2D eigenvalue weighted by Gasteiger charge is 2.06. The van der Waals surface area contributed by atoms with Gasteiger partial charge in [0.1, 0.15) is 11.5 Å². The lowest BCUT2D eigenvalue weighted by Crippen LogP contribution is -1.88. The smallest absolute Gasteiger partial charge is 0.200 e. The van der Waals surface area contributed by atoms with Crippen molar-refractivity contribution in [1.29, 1.82) is 0 Å². The number of nitrogens with one attached hydrogen (secondary N) is 1. The maximum Gasteiger partial charge on any atom is 0.200 e. The van der Waals surface area contributed by atoms with Crippen molar-refractivity contribution in [2.24, 2.45) is 0 Å². The van der Waals surface area contributed by atoms with Crippen molar-refractivity contribution in [1.82, 2.24) is 20.2 Å². The molecule has 2 heterocycles. The minimum absolute atomic E-state index is 0.663. The van der Waals surface area contributed by atoms with E-state index in [2.05, 4.69) is 20.2 Å². The van der Waals surface area contributed by atoms with Gasteiger partial charge in [-0.1, -0.05) is 6.07 Å². The van der Waals surface area contributed by atoms with Gasteiger partial charge in [-0.25, -0.2) is 4.98 Å². The van der Waals surface area contributed by atoms with Crippen LogP contribution in [0.4, 0.5) is 0 Å². The molecule has 0 amide bonds. The SMILES string of the molecule is Cc1nc(-c2ncccc2C)n[nH]1. The summed E-state index contributed by atoms with van der Waals surface area (Å²) in [6.07, 6.45) is 1.74. The number of nitrogens with zero attached hydrogens (tertiary/aromatic N) is 3. The second-order valence-electron chi connectivity index (χ2n) is 2.91. The summed E-state index contributed by atoms with van der Waals surface area (Å²) in [4.78, 5) is 8.43. The molecular formula is C9H10N4. The Morgan fingerprint density at radius 3 is 2.77 bits per heavy atom. The molecule has 0 aromatic carbocycles. The second kappa shape index (κ2) is 2.97. The highest BCUT2D eigenvalue weighted by atomic mass is 15.2. The van der Waals surface area contributed by atoms with Crippen molar-refractivity contribution >= 4 is 0 Å². The van der Waals surface area contributed by atoms with Crippen LogP contribution in [0.5, 0.6) is 0 Å². The third-order valence-corrected chi connectivity index (χ3v) is 1.82. The predicted octanol–water partition coefficient (Wildman–Crippen LogP) is 1.48. The molecule has 0 bridgehead atoms. The molecule has 0 fully saturated rings. The summed E-state index contributed by atoms with van der Waals surface area (Å²) in [5.41, 5.74) is 1.92. The number of aromatic nitrogens is 4. The van der Waals surface area contributed by atoms with Gasteiger partial charge in [0.15, 0.2) is 5.82 Å². The Bertz CT molecular complexity index is 419. The van der Waals surface area contributed by atoms with E-state index >= 15 is 0 Å². The molecule has 2 aromatic rings. The summed E-state index contributed by atoms with van der Waals surface area (Å²) in [6, 6.07) is 3.90. The van der Waals surface area contributed by atoms with Gasteiger partial charge in [-0.2, -0.15) is 5.10 Å². The van der Waals surface area contributed by atoms with Crippen LogP contribution < -0.4 is 0 Å². The maximum atomic E-state index is 4.22. The van der Waals surface area contributed by atoms with Crippen LogP contribution in [0.3, 0.4) is 0 Å². The third kappa shape index (κ3) is 1.42. The van der Waals surface area contributed by atoms with Gasteiger partial charge >= 0.3 is 0 Å². The largest absolute Gasteiger partial charge is 0.263 e. The van der Waals surface area contributed by atoms with Crippen LogP contribution in [0.25, 0.3) is 11.5 Å². The first-order chi connectivity index (χ1) is 6.27. The zero-order valence-electron chi connectivity index (χ0n) is 7.57. The van der Waals surface area contributed by atoms with E-state index in [1.54, 1.807) is 6.20 Å². The number of aryl methyl sites for hydroxylation is 2. The van der Waals surface area contributed by atoms with Gasteiger partial charge in [-0.05, 0) is 25.5 Å². The molecule has 2 aromatic heterocycles. The van der Waals surface area contributed by atoms with E-state index in [0.717, 1.165) is 17.1 Å². The van der Waals surface area contributed by atoms with E-state index in [0.29, 0.717) is 5.82 Å². The summed E-state index contributed by atoms with van der Waals surface area (Å²) in [5.74, 6) is 1.47. The van der Waals surface area contributed by atoms with Crippen molar-refractivity contribution in [3.63, 3.8) is 0 Å². The van der Waals surface area contributed by atoms with Crippen molar-refractivity contribution < 1.29 is 0 Å². The molecule has 0 atom stereocenters. The fraction of sp³-hybridized carbons (Fsp3) is 0.222. The number of pyridine rings is 1. The number of aromatic amines is 1. The molecule has 13 heavy (non-hydrogen) atoms. The lowest BCUT2D eigenvalue weighted by molar-refractivity contribution is 1.04. The van der Waals surface area contributed by atoms with Crippen LogP contribution >= 0.6 is 0 Å². The minimum Gasteiger partial charge on any atom is -0.263 e. The van der Waals surface area contributed by atoms with Gasteiger partial charge in [0.2, 0.25) is 0 Å². The van der Waals surface area contributed by atoms with Gasteiger partial charge < -0.3 is 0 Å². The Morgan fingerprint density at radius 2 is 2.15 bits per heavy atom. The first-order valence-corrected chi connectivity index (χ1v) is 4.08. The highest BCUT2D eigenvalue weighted by molar-refractivity contribution is 5.53. The first kappa shape index (κ1) is 7.91. The van der Waals surface area contributed by atoms with Crippen molar-refractivity contribution in [2.45, 2.75) is 13.8 Å². The topological polar surface area (TPSA) is 54.5 Å². The molecule has 4 heteroatoms. The van der Waals surface area contributed by atoms with Gasteiger partial charge in [0.05, 0.1) is 0 Å². The van der Waals surface area contributed by atoms with E-state index in [-0.39, 0.29) is 0 Å². The Morgan fingerprint density at radius 1 is 1.31 bits per heavy atom. The summed E-state index contributed by atoms with van der Waals surface area (Å²) in [5, 5.41) is 6.84. The van der Waals surface area contributed by atoms with E-state index in [4.69, 9.17) is 0 Å². The van der Waals surface area contributed by atoms with Crippen LogP contribution in [0, 0.1) is 13.8 Å². The Hall–Kier alpha value is -1.71. The number of hydrogen-bond acceptors (Lipinski definition) is 3. The summed E-state index contributed by atoms with van der Waals surface area (Å²) < 4.78 is 0. The average molecular weight is 174 g/mol. The highest BCUT2D eigenvalue weighted by Crippen LogP contribution is 2.14. The standard InChI is InChI=1S/C9H10N4/c1-6-4-3-5-10-8(6)9-11-7(2)12-13-9/h3-5H,1-2H3,(H,11,12,13). The van der Waals surface area contributed by atoms with E-state index < -0.39 is 0 Å². The predicted molar refractivity (Wildman–Crippen MR) is 49.1 cm³/mol. The zero-order valence-corrected chi connectivity index (χ0v) is 7.57. The van der Waals surface area contributed by atoms with Crippen molar-refractivity contribution in [2.75, 3.05) is 0 Å². The van der Waals surface area contributed by atoms with Crippen LogP contribution in [0.1, 0.15) is 11.4 Å². The molecule has 1 N–H and O–H groups in total. The summed E-state index contributed by atoms with van der Waals surface area (Å²) in [7, 11) is 0. The van der Waals surface area contributed by atoms with Crippen LogP contribution in [-0.2, 0) is 0 Å². The molecule has 0 saturated carbocycles. The second-order valence-corrected chi connectivity index (χ2v) is 2.91. The first-order valence-electron chi connectivity index (χ1n) is 4.08. The lowest BCUT2D eigenvalue weighted by Gasteiger charge is -1.97. The monoisotopic (exact) mass is 174 g/mol. The zero-order chi connectivity index (χ0) is 9.26. The summed E-state index contributed by atoms with van der Waals surface area (Å²) >= 11 is 0. The number of rotatable bonds is 1.